The number of aliphatic hydroxyl groups excluding tert-OH is 1. The Morgan fingerprint density at radius 2 is 1.70 bits per heavy atom. The van der Waals surface area contributed by atoms with E-state index in [4.69, 9.17) is 0 Å². The topological polar surface area (TPSA) is 125 Å². The Hall–Kier alpha value is -4.04. The number of anilines is 1. The van der Waals surface area contributed by atoms with E-state index in [0.29, 0.717) is 43.4 Å². The standard InChI is InChI=1S/C38H51N3O5/c1-23-16-18-30(19-17-23)40-34(43)15-10-20-39-35-31-14-9-12-25(3)36(44)28(6)21-27(5)29(7)24(2)11-8-13-26(4)38(46)41-32(37(31)45)22-33(35)42/h8,11,13,16-19,21-22,24-25,28-29,36,39,44H,9-10,12,14-15,20H2,1-7H3,(H,40,43)(H,41,46)/b11-8-,26-13+,27-21+/t24-,25-,28-,29+,36-/m0/s1. The van der Waals surface area contributed by atoms with Crippen LogP contribution in [0.25, 0.3) is 0 Å². The van der Waals surface area contributed by atoms with Gasteiger partial charge in [0.05, 0.1) is 17.5 Å². The van der Waals surface area contributed by atoms with Gasteiger partial charge in [-0.1, -0.05) is 75.3 Å². The number of ketones is 2. The molecule has 0 spiro atoms. The summed E-state index contributed by atoms with van der Waals surface area (Å²) < 4.78 is 0. The predicted octanol–water partition coefficient (Wildman–Crippen LogP) is 6.25. The van der Waals surface area contributed by atoms with Crippen LogP contribution in [0.1, 0.15) is 79.2 Å². The molecule has 248 valence electrons. The summed E-state index contributed by atoms with van der Waals surface area (Å²) in [4.78, 5) is 52.4. The summed E-state index contributed by atoms with van der Waals surface area (Å²) >= 11 is 0. The lowest BCUT2D eigenvalue weighted by Crippen LogP contribution is -2.36. The van der Waals surface area contributed by atoms with E-state index in [-0.39, 0.29) is 47.4 Å². The third-order valence-electron chi connectivity index (χ3n) is 9.17. The van der Waals surface area contributed by atoms with Gasteiger partial charge in [-0.05, 0) is 76.3 Å². The van der Waals surface area contributed by atoms with Crippen molar-refractivity contribution in [2.45, 2.75) is 86.7 Å². The zero-order chi connectivity index (χ0) is 34.0. The zero-order valence-corrected chi connectivity index (χ0v) is 28.4. The highest BCUT2D eigenvalue weighted by molar-refractivity contribution is 6.23. The third kappa shape index (κ3) is 10.2. The fraction of sp³-hybridized carbons (Fsp3) is 0.474. The first-order valence-corrected chi connectivity index (χ1v) is 16.5. The molecule has 0 unspecified atom stereocenters. The molecule has 0 fully saturated rings. The Bertz CT molecular complexity index is 1450. The number of carbonyl (C=O) groups is 4. The van der Waals surface area contributed by atoms with Gasteiger partial charge in [0, 0.05) is 41.8 Å². The number of aryl methyl sites for hydroxylation is 1. The fourth-order valence-electron chi connectivity index (χ4n) is 5.75. The van der Waals surface area contributed by atoms with Crippen LogP contribution in [0.3, 0.4) is 0 Å². The number of aliphatic hydroxyl groups is 1. The predicted molar refractivity (Wildman–Crippen MR) is 183 cm³/mol. The SMILES string of the molecule is C/C1=C\C=C/[C@H](C)[C@@H](C)/C(C)=C/[C@H](C)[C@@H](O)[C@@H](C)CCCC2=C(NCCCC(=O)Nc3ccc(C)cc3)C(=O)C=C(NC1=O)C2=O. The van der Waals surface area contributed by atoms with Crippen molar-refractivity contribution in [3.8, 4) is 0 Å². The maximum Gasteiger partial charge on any atom is 0.251 e. The molecule has 3 rings (SSSR count). The van der Waals surface area contributed by atoms with E-state index in [1.165, 1.54) is 11.6 Å². The molecule has 1 aromatic carbocycles. The van der Waals surface area contributed by atoms with E-state index >= 15 is 0 Å². The monoisotopic (exact) mass is 629 g/mol. The molecule has 2 bridgehead atoms. The van der Waals surface area contributed by atoms with Crippen molar-refractivity contribution in [3.63, 3.8) is 0 Å². The van der Waals surface area contributed by atoms with Gasteiger partial charge >= 0.3 is 0 Å². The van der Waals surface area contributed by atoms with E-state index in [1.54, 1.807) is 13.0 Å². The second-order valence-corrected chi connectivity index (χ2v) is 13.0. The van der Waals surface area contributed by atoms with E-state index in [1.807, 2.05) is 57.2 Å². The van der Waals surface area contributed by atoms with Gasteiger partial charge in [0.2, 0.25) is 17.5 Å². The molecular weight excluding hydrogens is 578 g/mol. The highest BCUT2D eigenvalue weighted by Gasteiger charge is 2.30. The molecule has 1 aromatic rings. The van der Waals surface area contributed by atoms with Crippen LogP contribution >= 0.6 is 0 Å². The molecule has 1 aliphatic heterocycles. The first-order chi connectivity index (χ1) is 21.8. The van der Waals surface area contributed by atoms with E-state index in [9.17, 15) is 24.3 Å². The quantitative estimate of drug-likeness (QED) is 0.168. The second kappa shape index (κ2) is 17.0. The first kappa shape index (κ1) is 36.4. The Kier molecular flexibility index (Phi) is 13.5. The van der Waals surface area contributed by atoms with Crippen LogP contribution in [0.2, 0.25) is 0 Å². The summed E-state index contributed by atoms with van der Waals surface area (Å²) in [7, 11) is 0. The number of nitrogens with one attached hydrogen (secondary N) is 3. The van der Waals surface area contributed by atoms with Crippen LogP contribution in [-0.2, 0) is 19.2 Å². The van der Waals surface area contributed by atoms with Gasteiger partial charge in [-0.15, -0.1) is 0 Å². The van der Waals surface area contributed by atoms with Crippen LogP contribution in [-0.4, -0.2) is 41.1 Å². The largest absolute Gasteiger partial charge is 0.392 e. The Morgan fingerprint density at radius 1 is 1.00 bits per heavy atom. The van der Waals surface area contributed by atoms with Crippen molar-refractivity contribution in [2.24, 2.45) is 23.7 Å². The summed E-state index contributed by atoms with van der Waals surface area (Å²) in [6, 6.07) is 7.55. The Labute approximate surface area is 274 Å². The summed E-state index contributed by atoms with van der Waals surface area (Å²) in [5, 5.41) is 19.8. The van der Waals surface area contributed by atoms with Gasteiger partial charge in [-0.25, -0.2) is 0 Å². The van der Waals surface area contributed by atoms with Crippen molar-refractivity contribution in [1.82, 2.24) is 10.6 Å². The second-order valence-electron chi connectivity index (χ2n) is 13.0. The number of amides is 2. The number of Topliss-reactive ketones (excluding diaryl/α,β-unsaturated/α-hetero) is 1. The molecule has 5 atom stereocenters. The molecule has 2 amide bonds. The third-order valence-corrected chi connectivity index (χ3v) is 9.17. The fourth-order valence-corrected chi connectivity index (χ4v) is 5.75. The van der Waals surface area contributed by atoms with Crippen molar-refractivity contribution < 1.29 is 24.3 Å². The smallest absolute Gasteiger partial charge is 0.251 e. The van der Waals surface area contributed by atoms with Gasteiger partial charge < -0.3 is 21.1 Å². The van der Waals surface area contributed by atoms with Crippen LogP contribution in [0.4, 0.5) is 5.69 Å². The highest BCUT2D eigenvalue weighted by atomic mass is 16.3. The molecule has 0 saturated heterocycles. The number of hydrogen-bond donors (Lipinski definition) is 4. The minimum Gasteiger partial charge on any atom is -0.392 e. The average Bonchev–Trinajstić information content (AvgIpc) is 3.01. The summed E-state index contributed by atoms with van der Waals surface area (Å²) in [6.07, 6.45) is 10.6. The summed E-state index contributed by atoms with van der Waals surface area (Å²) in [5.74, 6) is -1.02. The van der Waals surface area contributed by atoms with Gasteiger partial charge in [0.15, 0.2) is 0 Å². The van der Waals surface area contributed by atoms with Gasteiger partial charge in [-0.3, -0.25) is 19.2 Å². The normalized spacial score (nSPS) is 28.3. The number of carbonyl (C=O) groups excluding carboxylic acids is 4. The van der Waals surface area contributed by atoms with Crippen LogP contribution in [0, 0.1) is 30.6 Å². The maximum atomic E-state index is 13.7. The minimum atomic E-state index is -0.559. The number of rotatable bonds is 6. The molecule has 1 aliphatic carbocycles. The van der Waals surface area contributed by atoms with Crippen molar-refractivity contribution in [1.29, 1.82) is 0 Å². The lowest BCUT2D eigenvalue weighted by Gasteiger charge is -2.26. The molecule has 46 heavy (non-hydrogen) atoms. The lowest BCUT2D eigenvalue weighted by molar-refractivity contribution is -0.120. The molecular formula is C38H51N3O5. The van der Waals surface area contributed by atoms with Crippen molar-refractivity contribution in [2.75, 3.05) is 11.9 Å². The lowest BCUT2D eigenvalue weighted by atomic mass is 9.83. The molecule has 8 nitrogen and oxygen atoms in total. The number of hydrogen-bond acceptors (Lipinski definition) is 6. The average molecular weight is 630 g/mol. The molecule has 0 aromatic heterocycles. The van der Waals surface area contributed by atoms with Crippen LogP contribution in [0.15, 0.2) is 82.8 Å². The molecule has 0 saturated carbocycles. The maximum absolute atomic E-state index is 13.7. The summed E-state index contributed by atoms with van der Waals surface area (Å²) in [5.41, 5.74) is 3.89. The highest BCUT2D eigenvalue weighted by Crippen LogP contribution is 2.28. The van der Waals surface area contributed by atoms with Crippen LogP contribution < -0.4 is 16.0 Å². The van der Waals surface area contributed by atoms with Gasteiger partial charge in [0.25, 0.3) is 5.91 Å². The van der Waals surface area contributed by atoms with E-state index in [0.717, 1.165) is 11.3 Å². The molecule has 4 N–H and O–H groups in total. The minimum absolute atomic E-state index is 0.0335. The molecule has 0 radical (unpaired) electrons. The van der Waals surface area contributed by atoms with Crippen molar-refractivity contribution in [3.05, 3.63) is 88.3 Å². The summed E-state index contributed by atoms with van der Waals surface area (Å²) in [6.45, 7) is 14.4. The van der Waals surface area contributed by atoms with Gasteiger partial charge in [-0.2, -0.15) is 0 Å². The molecule has 2 aliphatic rings. The van der Waals surface area contributed by atoms with Crippen molar-refractivity contribution >= 4 is 29.1 Å². The number of fused-ring (bicyclic) bond motifs is 2. The van der Waals surface area contributed by atoms with E-state index in [2.05, 4.69) is 42.8 Å². The Morgan fingerprint density at radius 3 is 2.39 bits per heavy atom. The van der Waals surface area contributed by atoms with E-state index < -0.39 is 23.6 Å². The van der Waals surface area contributed by atoms with Gasteiger partial charge in [0.1, 0.15) is 0 Å². The van der Waals surface area contributed by atoms with Crippen LogP contribution in [0.5, 0.6) is 0 Å². The molecule has 8 heteroatoms. The first-order valence-electron chi connectivity index (χ1n) is 16.5. The Balaban J connectivity index is 1.79. The molecule has 1 heterocycles. The zero-order valence-electron chi connectivity index (χ0n) is 28.4. The number of benzene rings is 1. The number of allylic oxidation sites excluding steroid dienone is 6.